The van der Waals surface area contributed by atoms with Crippen LogP contribution in [0.25, 0.3) is 0 Å². The minimum Gasteiger partial charge on any atom is -0.381 e. The molecule has 1 N–H and O–H groups in total. The number of ether oxygens (including phenoxy) is 1. The summed E-state index contributed by atoms with van der Waals surface area (Å²) >= 11 is 1.59. The summed E-state index contributed by atoms with van der Waals surface area (Å²) < 4.78 is 5.43. The van der Waals surface area contributed by atoms with Crippen molar-refractivity contribution in [2.75, 3.05) is 49.8 Å². The number of nitrogens with one attached hydrogen (secondary N) is 1. The smallest absolute Gasteiger partial charge is 0.191 e. The monoisotopic (exact) mass is 310 g/mol. The number of hydrogen-bond acceptors (Lipinski definition) is 6. The van der Waals surface area contributed by atoms with Crippen LogP contribution in [0.2, 0.25) is 0 Å². The maximum atomic E-state index is 5.43. The summed E-state index contributed by atoms with van der Waals surface area (Å²) in [6, 6.07) is 2.05. The molecule has 21 heavy (non-hydrogen) atoms. The molecule has 1 saturated heterocycles. The van der Waals surface area contributed by atoms with Gasteiger partial charge in [0.25, 0.3) is 0 Å². The van der Waals surface area contributed by atoms with Gasteiger partial charge in [0.2, 0.25) is 0 Å². The third kappa shape index (κ3) is 5.04. The van der Waals surface area contributed by atoms with Crippen LogP contribution in [0.4, 0.5) is 11.6 Å². The van der Waals surface area contributed by atoms with E-state index in [-0.39, 0.29) is 0 Å². The SMILES string of the molecule is CCCNc1cc(N(C)CC2CCOCC2)nc(SC)n1. The summed E-state index contributed by atoms with van der Waals surface area (Å²) in [6.45, 7) is 5.90. The Hall–Kier alpha value is -1.01. The van der Waals surface area contributed by atoms with Gasteiger partial charge in [0.05, 0.1) is 0 Å². The zero-order valence-corrected chi connectivity index (χ0v) is 14.1. The van der Waals surface area contributed by atoms with Gasteiger partial charge in [-0.2, -0.15) is 0 Å². The largest absolute Gasteiger partial charge is 0.381 e. The Morgan fingerprint density at radius 2 is 2.14 bits per heavy atom. The van der Waals surface area contributed by atoms with E-state index in [9.17, 15) is 0 Å². The third-order valence-corrected chi connectivity index (χ3v) is 4.24. The van der Waals surface area contributed by atoms with E-state index in [0.29, 0.717) is 5.92 Å². The van der Waals surface area contributed by atoms with Crippen molar-refractivity contribution < 1.29 is 4.74 Å². The number of thioether (sulfide) groups is 1. The number of hydrogen-bond donors (Lipinski definition) is 1. The van der Waals surface area contributed by atoms with Crippen molar-refractivity contribution in [2.24, 2.45) is 5.92 Å². The first-order chi connectivity index (χ1) is 10.2. The number of nitrogens with zero attached hydrogens (tertiary/aromatic N) is 3. The second-order valence-corrected chi connectivity index (χ2v) is 6.23. The molecule has 2 rings (SSSR count). The maximum absolute atomic E-state index is 5.43. The van der Waals surface area contributed by atoms with Crippen LogP contribution in [-0.2, 0) is 4.74 Å². The van der Waals surface area contributed by atoms with Crippen LogP contribution >= 0.6 is 11.8 Å². The zero-order chi connectivity index (χ0) is 15.1. The van der Waals surface area contributed by atoms with Gasteiger partial charge in [-0.3, -0.25) is 0 Å². The first-order valence-corrected chi connectivity index (χ1v) is 8.91. The highest BCUT2D eigenvalue weighted by molar-refractivity contribution is 7.98. The van der Waals surface area contributed by atoms with Crippen LogP contribution in [0.3, 0.4) is 0 Å². The van der Waals surface area contributed by atoms with Crippen LogP contribution in [0, 0.1) is 5.92 Å². The van der Waals surface area contributed by atoms with E-state index < -0.39 is 0 Å². The molecule has 1 fully saturated rings. The lowest BCUT2D eigenvalue weighted by Crippen LogP contribution is -2.30. The molecule has 0 radical (unpaired) electrons. The molecule has 0 aliphatic carbocycles. The van der Waals surface area contributed by atoms with Gasteiger partial charge in [-0.1, -0.05) is 18.7 Å². The molecule has 1 aliphatic heterocycles. The highest BCUT2D eigenvalue weighted by Gasteiger charge is 2.17. The summed E-state index contributed by atoms with van der Waals surface area (Å²) in [6.07, 6.45) is 5.39. The second-order valence-electron chi connectivity index (χ2n) is 5.46. The van der Waals surface area contributed by atoms with Crippen LogP contribution in [0.1, 0.15) is 26.2 Å². The van der Waals surface area contributed by atoms with Gasteiger partial charge in [-0.25, -0.2) is 9.97 Å². The van der Waals surface area contributed by atoms with Crippen molar-refractivity contribution >= 4 is 23.4 Å². The molecule has 118 valence electrons. The van der Waals surface area contributed by atoms with Crippen molar-refractivity contribution in [1.29, 1.82) is 0 Å². The molecule has 1 aromatic rings. The molecular formula is C15H26N4OS. The molecule has 0 aromatic carbocycles. The van der Waals surface area contributed by atoms with E-state index in [1.54, 1.807) is 11.8 Å². The quantitative estimate of drug-likeness (QED) is 0.617. The fraction of sp³-hybridized carbons (Fsp3) is 0.733. The minimum absolute atomic E-state index is 0.698. The Labute approximate surface area is 131 Å². The van der Waals surface area contributed by atoms with Crippen molar-refractivity contribution in [2.45, 2.75) is 31.3 Å². The Morgan fingerprint density at radius 3 is 2.81 bits per heavy atom. The molecule has 0 saturated carbocycles. The predicted molar refractivity (Wildman–Crippen MR) is 89.4 cm³/mol. The molecule has 0 unspecified atom stereocenters. The summed E-state index contributed by atoms with van der Waals surface area (Å²) in [7, 11) is 2.12. The maximum Gasteiger partial charge on any atom is 0.191 e. The molecule has 1 aromatic heterocycles. The highest BCUT2D eigenvalue weighted by Crippen LogP contribution is 2.22. The van der Waals surface area contributed by atoms with E-state index in [2.05, 4.69) is 40.2 Å². The number of anilines is 2. The van der Waals surface area contributed by atoms with E-state index in [4.69, 9.17) is 4.74 Å². The van der Waals surface area contributed by atoms with Gasteiger partial charge in [0, 0.05) is 39.4 Å². The molecule has 0 bridgehead atoms. The normalized spacial score (nSPS) is 16.0. The summed E-state index contributed by atoms with van der Waals surface area (Å²) in [5, 5.41) is 4.18. The van der Waals surface area contributed by atoms with Gasteiger partial charge >= 0.3 is 0 Å². The van der Waals surface area contributed by atoms with Crippen LogP contribution in [0.15, 0.2) is 11.2 Å². The second kappa shape index (κ2) is 8.44. The molecular weight excluding hydrogens is 284 g/mol. The molecule has 5 nitrogen and oxygen atoms in total. The van der Waals surface area contributed by atoms with Crippen LogP contribution in [-0.4, -0.2) is 49.6 Å². The van der Waals surface area contributed by atoms with Gasteiger partial charge in [0.15, 0.2) is 5.16 Å². The average Bonchev–Trinajstić information content (AvgIpc) is 2.53. The highest BCUT2D eigenvalue weighted by atomic mass is 32.2. The van der Waals surface area contributed by atoms with Gasteiger partial charge in [0.1, 0.15) is 11.6 Å². The van der Waals surface area contributed by atoms with Crippen molar-refractivity contribution in [3.05, 3.63) is 6.07 Å². The summed E-state index contributed by atoms with van der Waals surface area (Å²) in [4.78, 5) is 11.4. The molecule has 1 aliphatic rings. The van der Waals surface area contributed by atoms with Crippen LogP contribution < -0.4 is 10.2 Å². The van der Waals surface area contributed by atoms with E-state index in [1.165, 1.54) is 0 Å². The summed E-state index contributed by atoms with van der Waals surface area (Å²) in [5.74, 6) is 2.62. The Morgan fingerprint density at radius 1 is 1.38 bits per heavy atom. The van der Waals surface area contributed by atoms with Crippen LogP contribution in [0.5, 0.6) is 0 Å². The van der Waals surface area contributed by atoms with Gasteiger partial charge in [-0.15, -0.1) is 0 Å². The standard InChI is InChI=1S/C15H26N4OS/c1-4-7-16-13-10-14(18-15(17-13)21-3)19(2)11-12-5-8-20-9-6-12/h10,12H,4-9,11H2,1-3H3,(H,16,17,18). The average molecular weight is 310 g/mol. The first-order valence-electron chi connectivity index (χ1n) is 7.68. The van der Waals surface area contributed by atoms with E-state index in [0.717, 1.165) is 62.4 Å². The third-order valence-electron chi connectivity index (χ3n) is 3.69. The van der Waals surface area contributed by atoms with Crippen molar-refractivity contribution in [1.82, 2.24) is 9.97 Å². The van der Waals surface area contributed by atoms with E-state index >= 15 is 0 Å². The molecule has 0 spiro atoms. The number of rotatable bonds is 7. The minimum atomic E-state index is 0.698. The van der Waals surface area contributed by atoms with Gasteiger partial charge < -0.3 is 15.0 Å². The Balaban J connectivity index is 2.05. The molecule has 0 amide bonds. The van der Waals surface area contributed by atoms with Crippen molar-refractivity contribution in [3.63, 3.8) is 0 Å². The summed E-state index contributed by atoms with van der Waals surface area (Å²) in [5.41, 5.74) is 0. The zero-order valence-electron chi connectivity index (χ0n) is 13.3. The lowest BCUT2D eigenvalue weighted by molar-refractivity contribution is 0.0685. The fourth-order valence-electron chi connectivity index (χ4n) is 2.45. The molecule has 6 heteroatoms. The van der Waals surface area contributed by atoms with E-state index in [1.807, 2.05) is 6.26 Å². The first kappa shape index (κ1) is 16.4. The Bertz CT molecular complexity index is 438. The Kier molecular flexibility index (Phi) is 6.57. The lowest BCUT2D eigenvalue weighted by Gasteiger charge is -2.28. The van der Waals surface area contributed by atoms with Gasteiger partial charge in [-0.05, 0) is 31.4 Å². The molecule has 0 atom stereocenters. The number of aromatic nitrogens is 2. The van der Waals surface area contributed by atoms with Crippen molar-refractivity contribution in [3.8, 4) is 0 Å². The fourth-order valence-corrected chi connectivity index (χ4v) is 2.83. The lowest BCUT2D eigenvalue weighted by atomic mass is 10.00. The topological polar surface area (TPSA) is 50.3 Å². The predicted octanol–water partition coefficient (Wildman–Crippen LogP) is 2.88. The molecule has 2 heterocycles.